The molecule has 0 bridgehead atoms. The largest absolute Gasteiger partial charge is 2.00 e. The van der Waals surface area contributed by atoms with E-state index in [2.05, 4.69) is 0 Å². The van der Waals surface area contributed by atoms with Crippen molar-refractivity contribution in [3.05, 3.63) is 35.7 Å². The smallest absolute Gasteiger partial charge is 1.00 e. The van der Waals surface area contributed by atoms with Crippen LogP contribution in [0.15, 0.2) is 12.1 Å². The quantitative estimate of drug-likeness (QED) is 0.292. The standard InChI is InChI=1S/C6H2F3.BrH.Mg/c7-4-1-2-5(8)6(9)3-4;;/h2-3H;1H;/q-1;;+2/p-1. The van der Waals surface area contributed by atoms with E-state index in [1.165, 1.54) is 0 Å². The van der Waals surface area contributed by atoms with Crippen LogP contribution < -0.4 is 17.0 Å². The summed E-state index contributed by atoms with van der Waals surface area (Å²) < 4.78 is 35.8. The van der Waals surface area contributed by atoms with Crippen LogP contribution in [0.2, 0.25) is 0 Å². The maximum atomic E-state index is 11.9. The van der Waals surface area contributed by atoms with E-state index in [9.17, 15) is 13.2 Å². The fourth-order valence-electron chi connectivity index (χ4n) is 0.423. The predicted molar refractivity (Wildman–Crippen MR) is 30.9 cm³/mol. The van der Waals surface area contributed by atoms with Crippen LogP contribution in [0.3, 0.4) is 0 Å². The Morgan fingerprint density at radius 2 is 1.64 bits per heavy atom. The van der Waals surface area contributed by atoms with Crippen molar-refractivity contribution in [2.45, 2.75) is 0 Å². The molecule has 1 rings (SSSR count). The molecule has 11 heavy (non-hydrogen) atoms. The molecule has 0 aromatic heterocycles. The van der Waals surface area contributed by atoms with Gasteiger partial charge in [0.2, 0.25) is 0 Å². The first-order valence-electron chi connectivity index (χ1n) is 2.22. The summed E-state index contributed by atoms with van der Waals surface area (Å²) in [6, 6.07) is 2.91. The molecule has 0 unspecified atom stereocenters. The van der Waals surface area contributed by atoms with Crippen LogP contribution in [-0.4, -0.2) is 23.1 Å². The Morgan fingerprint density at radius 3 is 2.00 bits per heavy atom. The Bertz CT molecular complexity index is 229. The molecule has 0 N–H and O–H groups in total. The van der Waals surface area contributed by atoms with Gasteiger partial charge in [-0.3, -0.25) is 4.39 Å². The summed E-state index contributed by atoms with van der Waals surface area (Å²) in [5.74, 6) is -3.17. The summed E-state index contributed by atoms with van der Waals surface area (Å²) in [7, 11) is 0. The molecule has 1 aromatic carbocycles. The minimum absolute atomic E-state index is 0. The average molecular weight is 235 g/mol. The molecule has 0 atom stereocenters. The van der Waals surface area contributed by atoms with Crippen molar-refractivity contribution in [1.29, 1.82) is 0 Å². The van der Waals surface area contributed by atoms with E-state index < -0.39 is 17.5 Å². The fraction of sp³-hybridized carbons (Fsp3) is 0. The normalized spacial score (nSPS) is 7.91. The zero-order chi connectivity index (χ0) is 6.85. The van der Waals surface area contributed by atoms with Crippen LogP contribution in [0.25, 0.3) is 0 Å². The van der Waals surface area contributed by atoms with Crippen LogP contribution >= 0.6 is 0 Å². The van der Waals surface area contributed by atoms with Crippen molar-refractivity contribution in [1.82, 2.24) is 0 Å². The van der Waals surface area contributed by atoms with Gasteiger partial charge < -0.3 is 17.0 Å². The minimum atomic E-state index is -1.19. The van der Waals surface area contributed by atoms with Crippen molar-refractivity contribution in [3.8, 4) is 0 Å². The van der Waals surface area contributed by atoms with Gasteiger partial charge in [-0.05, 0) is 0 Å². The molecule has 0 aliphatic rings. The van der Waals surface area contributed by atoms with Gasteiger partial charge in [0, 0.05) is 11.6 Å². The van der Waals surface area contributed by atoms with Gasteiger partial charge in [0.1, 0.15) is 0 Å². The van der Waals surface area contributed by atoms with Crippen LogP contribution in [0, 0.1) is 23.5 Å². The van der Waals surface area contributed by atoms with E-state index >= 15 is 0 Å². The van der Waals surface area contributed by atoms with Crippen molar-refractivity contribution >= 4 is 23.1 Å². The van der Waals surface area contributed by atoms with E-state index in [1.54, 1.807) is 0 Å². The van der Waals surface area contributed by atoms with Crippen molar-refractivity contribution < 1.29 is 30.2 Å². The summed E-state index contributed by atoms with van der Waals surface area (Å²) in [6.07, 6.45) is 0. The molecular weight excluding hydrogens is 233 g/mol. The second kappa shape index (κ2) is 5.85. The average Bonchev–Trinajstić information content (AvgIpc) is 1.80. The molecule has 1 aromatic rings. The molecule has 0 saturated heterocycles. The molecule has 0 aliphatic heterocycles. The Hall–Kier alpha value is 0.256. The second-order valence-corrected chi connectivity index (χ2v) is 1.48. The minimum Gasteiger partial charge on any atom is -1.00 e. The van der Waals surface area contributed by atoms with E-state index in [1.807, 2.05) is 6.07 Å². The van der Waals surface area contributed by atoms with E-state index in [0.29, 0.717) is 12.1 Å². The fourth-order valence-corrected chi connectivity index (χ4v) is 0.423. The van der Waals surface area contributed by atoms with Gasteiger partial charge >= 0.3 is 23.1 Å². The van der Waals surface area contributed by atoms with Gasteiger partial charge in [0.15, 0.2) is 0 Å². The van der Waals surface area contributed by atoms with Gasteiger partial charge in [-0.15, -0.1) is 12.1 Å². The third-order valence-electron chi connectivity index (χ3n) is 0.818. The van der Waals surface area contributed by atoms with Crippen LogP contribution in [0.1, 0.15) is 0 Å². The summed E-state index contributed by atoms with van der Waals surface area (Å²) in [6.45, 7) is 0. The van der Waals surface area contributed by atoms with Crippen molar-refractivity contribution in [2.75, 3.05) is 0 Å². The second-order valence-electron chi connectivity index (χ2n) is 1.48. The summed E-state index contributed by atoms with van der Waals surface area (Å²) in [5, 5.41) is 0. The number of rotatable bonds is 0. The van der Waals surface area contributed by atoms with Crippen LogP contribution in [-0.2, 0) is 0 Å². The summed E-state index contributed by atoms with van der Waals surface area (Å²) in [5.41, 5.74) is 0. The SMILES string of the molecule is Fc1[c-]cc(F)c(F)c1.[Br-].[Mg+2]. The van der Waals surface area contributed by atoms with Gasteiger partial charge in [-0.2, -0.15) is 0 Å². The number of halogens is 4. The number of hydrogen-bond acceptors (Lipinski definition) is 0. The molecule has 0 nitrogen and oxygen atoms in total. The molecule has 0 amide bonds. The van der Waals surface area contributed by atoms with Crippen LogP contribution in [0.5, 0.6) is 0 Å². The van der Waals surface area contributed by atoms with Gasteiger partial charge in [0.05, 0.1) is 5.82 Å². The Labute approximate surface area is 88.7 Å². The van der Waals surface area contributed by atoms with Crippen molar-refractivity contribution in [3.63, 3.8) is 0 Å². The first-order chi connectivity index (χ1) is 4.20. The third-order valence-corrected chi connectivity index (χ3v) is 0.818. The molecule has 0 aliphatic carbocycles. The molecule has 56 valence electrons. The predicted octanol–water partition coefficient (Wildman–Crippen LogP) is -1.47. The molecule has 0 saturated carbocycles. The van der Waals surface area contributed by atoms with E-state index in [0.717, 1.165) is 0 Å². The summed E-state index contributed by atoms with van der Waals surface area (Å²) in [4.78, 5) is 0. The molecule has 0 fully saturated rings. The monoisotopic (exact) mass is 234 g/mol. The Balaban J connectivity index is 0. The third kappa shape index (κ3) is 3.98. The van der Waals surface area contributed by atoms with E-state index in [-0.39, 0.29) is 40.0 Å². The molecule has 0 heterocycles. The summed E-state index contributed by atoms with van der Waals surface area (Å²) >= 11 is 0. The zero-order valence-electron chi connectivity index (χ0n) is 5.37. The van der Waals surface area contributed by atoms with Gasteiger partial charge in [0.25, 0.3) is 0 Å². The first kappa shape index (κ1) is 13.8. The van der Waals surface area contributed by atoms with Gasteiger partial charge in [-0.25, -0.2) is 8.78 Å². The maximum absolute atomic E-state index is 11.9. The molecule has 0 spiro atoms. The first-order valence-corrected chi connectivity index (χ1v) is 2.22. The molecular formula is C6H2BrF3Mg. The van der Waals surface area contributed by atoms with E-state index in [4.69, 9.17) is 0 Å². The van der Waals surface area contributed by atoms with Gasteiger partial charge in [-0.1, -0.05) is 6.07 Å². The van der Waals surface area contributed by atoms with Crippen LogP contribution in [0.4, 0.5) is 13.2 Å². The topological polar surface area (TPSA) is 0 Å². The van der Waals surface area contributed by atoms with Crippen molar-refractivity contribution in [2.24, 2.45) is 0 Å². The zero-order valence-corrected chi connectivity index (χ0v) is 8.37. The molecule has 5 heteroatoms. The Morgan fingerprint density at radius 1 is 1.09 bits per heavy atom. The maximum Gasteiger partial charge on any atom is 2.00 e. The number of benzene rings is 1. The number of hydrogen-bond donors (Lipinski definition) is 0. The molecule has 0 radical (unpaired) electrons. The Kier molecular flexibility index (Phi) is 7.35.